The number of aryl methyl sites for hydroxylation is 1. The molecule has 0 bridgehead atoms. The lowest BCUT2D eigenvalue weighted by Gasteiger charge is -2.06. The number of hydrogen-bond acceptors (Lipinski definition) is 3. The number of rotatable bonds is 8. The number of hydrogen-bond donors (Lipinski definition) is 2. The molecule has 4 heteroatoms. The molecular formula is C14H21NO3. The van der Waals surface area contributed by atoms with Gasteiger partial charge in [0.05, 0.1) is 5.56 Å². The van der Waals surface area contributed by atoms with Crippen molar-refractivity contribution in [2.75, 3.05) is 18.9 Å². The van der Waals surface area contributed by atoms with Crippen LogP contribution in [-0.4, -0.2) is 24.3 Å². The molecular weight excluding hydrogens is 230 g/mol. The predicted molar refractivity (Wildman–Crippen MR) is 71.9 cm³/mol. The molecule has 1 aromatic carbocycles. The summed E-state index contributed by atoms with van der Waals surface area (Å²) in [6, 6.07) is 5.10. The summed E-state index contributed by atoms with van der Waals surface area (Å²) in [7, 11) is 0. The van der Waals surface area contributed by atoms with Crippen molar-refractivity contribution in [3.63, 3.8) is 0 Å². The fraction of sp³-hybridized carbons (Fsp3) is 0.500. The van der Waals surface area contributed by atoms with E-state index in [1.165, 1.54) is 0 Å². The van der Waals surface area contributed by atoms with Crippen LogP contribution in [0.3, 0.4) is 0 Å². The summed E-state index contributed by atoms with van der Waals surface area (Å²) in [5, 5.41) is 8.85. The molecule has 1 aromatic rings. The SMILES string of the molecule is CCCCOCCCc1ccc(C(=O)O)c(N)c1. The Morgan fingerprint density at radius 1 is 1.33 bits per heavy atom. The van der Waals surface area contributed by atoms with Gasteiger partial charge in [-0.05, 0) is 37.0 Å². The summed E-state index contributed by atoms with van der Waals surface area (Å²) < 4.78 is 5.46. The lowest BCUT2D eigenvalue weighted by atomic mass is 10.1. The Labute approximate surface area is 108 Å². The van der Waals surface area contributed by atoms with Gasteiger partial charge in [0.15, 0.2) is 0 Å². The maximum atomic E-state index is 10.8. The second-order valence-corrected chi connectivity index (χ2v) is 4.30. The summed E-state index contributed by atoms with van der Waals surface area (Å²) >= 11 is 0. The van der Waals surface area contributed by atoms with Gasteiger partial charge >= 0.3 is 5.97 Å². The van der Waals surface area contributed by atoms with Crippen LogP contribution in [0.2, 0.25) is 0 Å². The van der Waals surface area contributed by atoms with Crippen molar-refractivity contribution < 1.29 is 14.6 Å². The summed E-state index contributed by atoms with van der Waals surface area (Å²) in [4.78, 5) is 10.8. The topological polar surface area (TPSA) is 72.5 Å². The van der Waals surface area contributed by atoms with Crippen molar-refractivity contribution in [3.05, 3.63) is 29.3 Å². The van der Waals surface area contributed by atoms with Crippen LogP contribution in [-0.2, 0) is 11.2 Å². The molecule has 0 aliphatic heterocycles. The maximum absolute atomic E-state index is 10.8. The smallest absolute Gasteiger partial charge is 0.337 e. The molecule has 0 saturated carbocycles. The molecule has 0 atom stereocenters. The third-order valence-electron chi connectivity index (χ3n) is 2.74. The molecule has 0 radical (unpaired) electrons. The first-order valence-corrected chi connectivity index (χ1v) is 6.34. The Kier molecular flexibility index (Phi) is 6.22. The number of anilines is 1. The van der Waals surface area contributed by atoms with Gasteiger partial charge in [-0.15, -0.1) is 0 Å². The van der Waals surface area contributed by atoms with E-state index in [0.717, 1.165) is 44.5 Å². The van der Waals surface area contributed by atoms with Crippen LogP contribution < -0.4 is 5.73 Å². The molecule has 3 N–H and O–H groups in total. The van der Waals surface area contributed by atoms with Gasteiger partial charge in [-0.3, -0.25) is 0 Å². The van der Waals surface area contributed by atoms with Crippen LogP contribution in [0.25, 0.3) is 0 Å². The third-order valence-corrected chi connectivity index (χ3v) is 2.74. The van der Waals surface area contributed by atoms with Crippen LogP contribution in [0.15, 0.2) is 18.2 Å². The molecule has 100 valence electrons. The van der Waals surface area contributed by atoms with Gasteiger partial charge in [-0.1, -0.05) is 19.4 Å². The van der Waals surface area contributed by atoms with Crippen LogP contribution >= 0.6 is 0 Å². The first kappa shape index (κ1) is 14.5. The minimum Gasteiger partial charge on any atom is -0.478 e. The number of nitrogens with two attached hydrogens (primary N) is 1. The molecule has 0 fully saturated rings. The molecule has 0 unspecified atom stereocenters. The summed E-state index contributed by atoms with van der Waals surface area (Å²) in [5.74, 6) is -0.984. The number of carbonyl (C=O) groups is 1. The number of carboxylic acids is 1. The quantitative estimate of drug-likeness (QED) is 0.550. The zero-order valence-electron chi connectivity index (χ0n) is 10.8. The second-order valence-electron chi connectivity index (χ2n) is 4.30. The molecule has 0 heterocycles. The Bertz CT molecular complexity index is 391. The van der Waals surface area contributed by atoms with Crippen molar-refractivity contribution in [1.29, 1.82) is 0 Å². The maximum Gasteiger partial charge on any atom is 0.337 e. The van der Waals surface area contributed by atoms with Gasteiger partial charge in [-0.2, -0.15) is 0 Å². The zero-order chi connectivity index (χ0) is 13.4. The highest BCUT2D eigenvalue weighted by Crippen LogP contribution is 2.15. The molecule has 1 rings (SSSR count). The average molecular weight is 251 g/mol. The number of nitrogen functional groups attached to an aromatic ring is 1. The van der Waals surface area contributed by atoms with Gasteiger partial charge in [-0.25, -0.2) is 4.79 Å². The first-order chi connectivity index (χ1) is 8.65. The monoisotopic (exact) mass is 251 g/mol. The van der Waals surface area contributed by atoms with Crippen LogP contribution in [0.5, 0.6) is 0 Å². The summed E-state index contributed by atoms with van der Waals surface area (Å²) in [6.45, 7) is 3.69. The molecule has 0 saturated heterocycles. The first-order valence-electron chi connectivity index (χ1n) is 6.34. The van der Waals surface area contributed by atoms with Crippen LogP contribution in [0, 0.1) is 0 Å². The van der Waals surface area contributed by atoms with Gasteiger partial charge in [0.2, 0.25) is 0 Å². The Balaban J connectivity index is 2.35. The molecule has 18 heavy (non-hydrogen) atoms. The zero-order valence-corrected chi connectivity index (χ0v) is 10.8. The fourth-order valence-corrected chi connectivity index (χ4v) is 1.69. The second kappa shape index (κ2) is 7.71. The number of unbranched alkanes of at least 4 members (excludes halogenated alkanes) is 1. The minimum atomic E-state index is -0.984. The van der Waals surface area contributed by atoms with E-state index >= 15 is 0 Å². The predicted octanol–water partition coefficient (Wildman–Crippen LogP) is 2.72. The average Bonchev–Trinajstić information content (AvgIpc) is 2.33. The normalized spacial score (nSPS) is 10.5. The third kappa shape index (κ3) is 4.75. The van der Waals surface area contributed by atoms with E-state index in [0.29, 0.717) is 5.69 Å². The Morgan fingerprint density at radius 3 is 2.67 bits per heavy atom. The minimum absolute atomic E-state index is 0.165. The van der Waals surface area contributed by atoms with Gasteiger partial charge in [0, 0.05) is 18.9 Å². The fourth-order valence-electron chi connectivity index (χ4n) is 1.69. The molecule has 0 amide bonds. The van der Waals surface area contributed by atoms with Gasteiger partial charge < -0.3 is 15.6 Å². The molecule has 0 aliphatic rings. The highest BCUT2D eigenvalue weighted by Gasteiger charge is 2.07. The Morgan fingerprint density at radius 2 is 2.06 bits per heavy atom. The Hall–Kier alpha value is -1.55. The van der Waals surface area contributed by atoms with E-state index in [2.05, 4.69) is 6.92 Å². The van der Waals surface area contributed by atoms with E-state index in [1.807, 2.05) is 6.07 Å². The van der Waals surface area contributed by atoms with Crippen LogP contribution in [0.1, 0.15) is 42.1 Å². The van der Waals surface area contributed by atoms with Crippen LogP contribution in [0.4, 0.5) is 5.69 Å². The highest BCUT2D eigenvalue weighted by molar-refractivity contribution is 5.93. The van der Waals surface area contributed by atoms with Crippen molar-refractivity contribution >= 4 is 11.7 Å². The standard InChI is InChI=1S/C14H21NO3/c1-2-3-8-18-9-4-5-11-6-7-12(14(16)17)13(15)10-11/h6-7,10H,2-5,8-9,15H2,1H3,(H,16,17). The highest BCUT2D eigenvalue weighted by atomic mass is 16.5. The van der Waals surface area contributed by atoms with E-state index in [9.17, 15) is 4.79 Å². The molecule has 0 aliphatic carbocycles. The number of ether oxygens (including phenoxy) is 1. The van der Waals surface area contributed by atoms with E-state index in [1.54, 1.807) is 12.1 Å². The molecule has 4 nitrogen and oxygen atoms in total. The van der Waals surface area contributed by atoms with E-state index < -0.39 is 5.97 Å². The summed E-state index contributed by atoms with van der Waals surface area (Å²) in [5.41, 5.74) is 7.22. The lowest BCUT2D eigenvalue weighted by Crippen LogP contribution is -2.03. The van der Waals surface area contributed by atoms with Gasteiger partial charge in [0.25, 0.3) is 0 Å². The number of benzene rings is 1. The van der Waals surface area contributed by atoms with Crippen molar-refractivity contribution in [2.45, 2.75) is 32.6 Å². The number of carboxylic acid groups (broad SMARTS) is 1. The molecule has 0 aromatic heterocycles. The lowest BCUT2D eigenvalue weighted by molar-refractivity contribution is 0.0698. The van der Waals surface area contributed by atoms with E-state index in [-0.39, 0.29) is 5.56 Å². The molecule has 0 spiro atoms. The largest absolute Gasteiger partial charge is 0.478 e. The van der Waals surface area contributed by atoms with Crippen molar-refractivity contribution in [2.24, 2.45) is 0 Å². The van der Waals surface area contributed by atoms with Crippen molar-refractivity contribution in [3.8, 4) is 0 Å². The van der Waals surface area contributed by atoms with Gasteiger partial charge in [0.1, 0.15) is 0 Å². The number of aromatic carboxylic acids is 1. The van der Waals surface area contributed by atoms with E-state index in [4.69, 9.17) is 15.6 Å². The summed E-state index contributed by atoms with van der Waals surface area (Å²) in [6.07, 6.45) is 4.03. The van der Waals surface area contributed by atoms with Crippen molar-refractivity contribution in [1.82, 2.24) is 0 Å².